The van der Waals surface area contributed by atoms with Gasteiger partial charge in [-0.15, -0.1) is 0 Å². The van der Waals surface area contributed by atoms with Gasteiger partial charge in [-0.2, -0.15) is 0 Å². The second kappa shape index (κ2) is 8.88. The SMILES string of the molecule is CC(C)(C)OC(=O)N1CCCC(C(OCCN)c2cccc(Cl)c2)C1. The summed E-state index contributed by atoms with van der Waals surface area (Å²) in [5.74, 6) is 0.186. The van der Waals surface area contributed by atoms with E-state index >= 15 is 0 Å². The molecule has 1 saturated heterocycles. The molecule has 0 radical (unpaired) electrons. The molecule has 1 aromatic rings. The minimum absolute atomic E-state index is 0.132. The lowest BCUT2D eigenvalue weighted by Gasteiger charge is -2.37. The number of carbonyl (C=O) groups is 1. The Morgan fingerprint density at radius 2 is 2.20 bits per heavy atom. The third-order valence-corrected chi connectivity index (χ3v) is 4.37. The molecule has 0 aliphatic carbocycles. The average molecular weight is 369 g/mol. The number of amides is 1. The molecule has 25 heavy (non-hydrogen) atoms. The Balaban J connectivity index is 2.12. The van der Waals surface area contributed by atoms with Gasteiger partial charge in [0.1, 0.15) is 5.60 Å². The summed E-state index contributed by atoms with van der Waals surface area (Å²) in [6, 6.07) is 7.71. The average Bonchev–Trinajstić information content (AvgIpc) is 2.54. The molecule has 1 amide bonds. The van der Waals surface area contributed by atoms with Crippen LogP contribution in [0.25, 0.3) is 0 Å². The molecule has 0 spiro atoms. The van der Waals surface area contributed by atoms with E-state index in [9.17, 15) is 4.79 Å². The number of hydrogen-bond acceptors (Lipinski definition) is 4. The molecule has 0 aromatic heterocycles. The lowest BCUT2D eigenvalue weighted by atomic mass is 9.88. The highest BCUT2D eigenvalue weighted by atomic mass is 35.5. The normalized spacial score (nSPS) is 19.6. The zero-order valence-electron chi connectivity index (χ0n) is 15.3. The topological polar surface area (TPSA) is 64.8 Å². The van der Waals surface area contributed by atoms with E-state index in [2.05, 4.69) is 0 Å². The molecular formula is C19H29ClN2O3. The molecule has 2 N–H and O–H groups in total. The standard InChI is InChI=1S/C19H29ClN2O3/c1-19(2,3)25-18(23)22-10-5-7-15(13-22)17(24-11-9-21)14-6-4-8-16(20)12-14/h4,6,8,12,15,17H,5,7,9-11,13,21H2,1-3H3. The molecule has 0 saturated carbocycles. The van der Waals surface area contributed by atoms with E-state index in [1.54, 1.807) is 4.90 Å². The maximum Gasteiger partial charge on any atom is 0.410 e. The highest BCUT2D eigenvalue weighted by molar-refractivity contribution is 6.30. The van der Waals surface area contributed by atoms with Gasteiger partial charge in [0.15, 0.2) is 0 Å². The predicted molar refractivity (Wildman–Crippen MR) is 99.7 cm³/mol. The lowest BCUT2D eigenvalue weighted by molar-refractivity contribution is -0.0233. The second-order valence-corrected chi connectivity index (χ2v) is 7.90. The molecule has 6 heteroatoms. The van der Waals surface area contributed by atoms with Crippen LogP contribution in [0.4, 0.5) is 4.79 Å². The van der Waals surface area contributed by atoms with Crippen molar-refractivity contribution < 1.29 is 14.3 Å². The highest BCUT2D eigenvalue weighted by Crippen LogP contribution is 2.34. The zero-order chi connectivity index (χ0) is 18.4. The Labute approximate surface area is 155 Å². The quantitative estimate of drug-likeness (QED) is 0.852. The first-order valence-corrected chi connectivity index (χ1v) is 9.23. The van der Waals surface area contributed by atoms with Crippen LogP contribution in [0.2, 0.25) is 5.02 Å². The lowest BCUT2D eigenvalue weighted by Crippen LogP contribution is -2.44. The van der Waals surface area contributed by atoms with Crippen molar-refractivity contribution in [2.45, 2.75) is 45.3 Å². The molecule has 1 aliphatic rings. The number of nitrogens with zero attached hydrogens (tertiary/aromatic N) is 1. The van der Waals surface area contributed by atoms with Crippen LogP contribution in [0.15, 0.2) is 24.3 Å². The maximum absolute atomic E-state index is 12.4. The number of halogens is 1. The van der Waals surface area contributed by atoms with E-state index in [1.165, 1.54) is 0 Å². The van der Waals surface area contributed by atoms with E-state index in [4.69, 9.17) is 26.8 Å². The number of hydrogen-bond donors (Lipinski definition) is 1. The van der Waals surface area contributed by atoms with Gasteiger partial charge in [-0.3, -0.25) is 0 Å². The third kappa shape index (κ3) is 6.17. The molecule has 1 aromatic carbocycles. The fourth-order valence-electron chi connectivity index (χ4n) is 3.13. The Bertz CT molecular complexity index is 574. The highest BCUT2D eigenvalue weighted by Gasteiger charge is 2.33. The summed E-state index contributed by atoms with van der Waals surface area (Å²) in [5.41, 5.74) is 6.16. The van der Waals surface area contributed by atoms with Gasteiger partial charge in [-0.25, -0.2) is 4.79 Å². The molecular weight excluding hydrogens is 340 g/mol. The first-order valence-electron chi connectivity index (χ1n) is 8.85. The number of nitrogens with two attached hydrogens (primary N) is 1. The van der Waals surface area contributed by atoms with E-state index in [-0.39, 0.29) is 18.1 Å². The van der Waals surface area contributed by atoms with Crippen molar-refractivity contribution in [1.82, 2.24) is 4.90 Å². The van der Waals surface area contributed by atoms with Crippen LogP contribution >= 0.6 is 11.6 Å². The Morgan fingerprint density at radius 3 is 2.84 bits per heavy atom. The second-order valence-electron chi connectivity index (χ2n) is 7.46. The van der Waals surface area contributed by atoms with Gasteiger partial charge in [0.2, 0.25) is 0 Å². The van der Waals surface area contributed by atoms with Crippen molar-refractivity contribution >= 4 is 17.7 Å². The first kappa shape index (κ1) is 20.0. The number of rotatable bonds is 5. The number of carbonyl (C=O) groups excluding carboxylic acids is 1. The van der Waals surface area contributed by atoms with E-state index in [0.717, 1.165) is 18.4 Å². The molecule has 2 rings (SSSR count). The van der Waals surface area contributed by atoms with Crippen molar-refractivity contribution in [3.63, 3.8) is 0 Å². The van der Waals surface area contributed by atoms with Gasteiger partial charge in [0.05, 0.1) is 12.7 Å². The maximum atomic E-state index is 12.4. The molecule has 0 bridgehead atoms. The monoisotopic (exact) mass is 368 g/mol. The van der Waals surface area contributed by atoms with Crippen molar-refractivity contribution in [2.24, 2.45) is 11.7 Å². The summed E-state index contributed by atoms with van der Waals surface area (Å²) in [7, 11) is 0. The molecule has 1 fully saturated rings. The van der Waals surface area contributed by atoms with Crippen molar-refractivity contribution in [3.05, 3.63) is 34.9 Å². The Kier molecular flexibility index (Phi) is 7.11. The summed E-state index contributed by atoms with van der Waals surface area (Å²) < 4.78 is 11.6. The summed E-state index contributed by atoms with van der Waals surface area (Å²) in [6.07, 6.45) is 1.52. The molecule has 5 nitrogen and oxygen atoms in total. The van der Waals surface area contributed by atoms with E-state index < -0.39 is 5.60 Å². The van der Waals surface area contributed by atoms with Gasteiger partial charge < -0.3 is 20.1 Å². The molecule has 2 unspecified atom stereocenters. The number of piperidine rings is 1. The third-order valence-electron chi connectivity index (χ3n) is 4.13. The molecule has 140 valence electrons. The number of benzene rings is 1. The van der Waals surface area contributed by atoms with Gasteiger partial charge in [-0.1, -0.05) is 23.7 Å². The van der Waals surface area contributed by atoms with Crippen molar-refractivity contribution in [1.29, 1.82) is 0 Å². The van der Waals surface area contributed by atoms with Crippen LogP contribution in [-0.4, -0.2) is 42.8 Å². The van der Waals surface area contributed by atoms with E-state index in [1.807, 2.05) is 45.0 Å². The minimum Gasteiger partial charge on any atom is -0.444 e. The fraction of sp³-hybridized carbons (Fsp3) is 0.632. The van der Waals surface area contributed by atoms with Gasteiger partial charge >= 0.3 is 6.09 Å². The fourth-order valence-corrected chi connectivity index (χ4v) is 3.33. The summed E-state index contributed by atoms with van der Waals surface area (Å²) >= 11 is 6.15. The minimum atomic E-state index is -0.494. The number of ether oxygens (including phenoxy) is 2. The van der Waals surface area contributed by atoms with E-state index in [0.29, 0.717) is 31.3 Å². The van der Waals surface area contributed by atoms with Crippen LogP contribution in [0.3, 0.4) is 0 Å². The predicted octanol–water partition coefficient (Wildman–Crippen LogP) is 4.00. The van der Waals surface area contributed by atoms with Crippen LogP contribution in [-0.2, 0) is 9.47 Å². The van der Waals surface area contributed by atoms with Crippen LogP contribution < -0.4 is 5.73 Å². The molecule has 2 atom stereocenters. The molecule has 1 aliphatic heterocycles. The first-order chi connectivity index (χ1) is 11.8. The van der Waals surface area contributed by atoms with Gasteiger partial charge in [0.25, 0.3) is 0 Å². The van der Waals surface area contributed by atoms with Crippen molar-refractivity contribution in [2.75, 3.05) is 26.2 Å². The smallest absolute Gasteiger partial charge is 0.410 e. The summed E-state index contributed by atoms with van der Waals surface area (Å²) in [4.78, 5) is 14.2. The van der Waals surface area contributed by atoms with Crippen LogP contribution in [0.5, 0.6) is 0 Å². The van der Waals surface area contributed by atoms with Gasteiger partial charge in [0, 0.05) is 30.6 Å². The number of likely N-dealkylation sites (tertiary alicyclic amines) is 1. The van der Waals surface area contributed by atoms with Crippen LogP contribution in [0, 0.1) is 5.92 Å². The van der Waals surface area contributed by atoms with Gasteiger partial charge in [-0.05, 0) is 51.3 Å². The Hall–Kier alpha value is -1.30. The molecule has 1 heterocycles. The summed E-state index contributed by atoms with van der Waals surface area (Å²) in [5, 5.41) is 0.679. The largest absolute Gasteiger partial charge is 0.444 e. The Morgan fingerprint density at radius 1 is 1.44 bits per heavy atom. The summed E-state index contributed by atoms with van der Waals surface area (Å²) in [6.45, 7) is 7.89. The van der Waals surface area contributed by atoms with Crippen LogP contribution in [0.1, 0.15) is 45.3 Å². The zero-order valence-corrected chi connectivity index (χ0v) is 16.1. The van der Waals surface area contributed by atoms with Crippen molar-refractivity contribution in [3.8, 4) is 0 Å².